The molecule has 0 saturated carbocycles. The van der Waals surface area contributed by atoms with Crippen LogP contribution in [0.3, 0.4) is 0 Å². The number of amides is 2. The Morgan fingerprint density at radius 1 is 1.48 bits per heavy atom. The fourth-order valence-electron chi connectivity index (χ4n) is 1.99. The number of likely N-dealkylation sites (tertiary alicyclic amines) is 1. The molecule has 0 unspecified atom stereocenters. The monoisotopic (exact) mass is 337 g/mol. The lowest BCUT2D eigenvalue weighted by Crippen LogP contribution is -2.61. The van der Waals surface area contributed by atoms with Gasteiger partial charge < -0.3 is 15.0 Å². The number of nitrogens with one attached hydrogen (secondary N) is 1. The molecule has 1 aliphatic heterocycles. The van der Waals surface area contributed by atoms with Gasteiger partial charge >= 0.3 is 6.09 Å². The SMILES string of the molecule is CC(C)(C)OC(=O)N1CC(NC(=O)c2ccc(CN=[N+]=[N-])s2)C1. The Hall–Kier alpha value is -2.25. The predicted molar refractivity (Wildman–Crippen MR) is 86.2 cm³/mol. The summed E-state index contributed by atoms with van der Waals surface area (Å²) in [5.74, 6) is -0.184. The van der Waals surface area contributed by atoms with Crippen molar-refractivity contribution in [3.63, 3.8) is 0 Å². The lowest BCUT2D eigenvalue weighted by molar-refractivity contribution is 0.00535. The summed E-state index contributed by atoms with van der Waals surface area (Å²) in [6.07, 6.45) is -0.365. The summed E-state index contributed by atoms with van der Waals surface area (Å²) in [4.78, 5) is 29.5. The Bertz CT molecular complexity index is 639. The van der Waals surface area contributed by atoms with Crippen molar-refractivity contribution in [1.29, 1.82) is 0 Å². The van der Waals surface area contributed by atoms with Crippen LogP contribution in [0, 0.1) is 0 Å². The number of carbonyl (C=O) groups is 2. The first-order valence-electron chi connectivity index (χ1n) is 7.17. The Morgan fingerprint density at radius 3 is 2.78 bits per heavy atom. The van der Waals surface area contributed by atoms with Gasteiger partial charge in [-0.25, -0.2) is 4.79 Å². The zero-order valence-corrected chi connectivity index (χ0v) is 14.1. The van der Waals surface area contributed by atoms with Gasteiger partial charge in [0, 0.05) is 22.9 Å². The van der Waals surface area contributed by atoms with Crippen LogP contribution in [0.2, 0.25) is 0 Å². The van der Waals surface area contributed by atoms with E-state index in [0.717, 1.165) is 4.88 Å². The van der Waals surface area contributed by atoms with Crippen molar-refractivity contribution >= 4 is 23.3 Å². The van der Waals surface area contributed by atoms with Gasteiger partial charge in [0.05, 0.1) is 17.5 Å². The van der Waals surface area contributed by atoms with Crippen LogP contribution in [0.25, 0.3) is 10.4 Å². The predicted octanol–water partition coefficient (Wildman–Crippen LogP) is 2.91. The summed E-state index contributed by atoms with van der Waals surface area (Å²) in [6, 6.07) is 3.40. The molecular formula is C14H19N5O3S. The molecule has 2 heterocycles. The van der Waals surface area contributed by atoms with Gasteiger partial charge in [-0.2, -0.15) is 0 Å². The van der Waals surface area contributed by atoms with E-state index >= 15 is 0 Å². The Kier molecular flexibility index (Phi) is 5.12. The third-order valence-electron chi connectivity index (χ3n) is 3.04. The largest absolute Gasteiger partial charge is 0.444 e. The maximum absolute atomic E-state index is 12.1. The molecular weight excluding hydrogens is 318 g/mol. The van der Waals surface area contributed by atoms with Gasteiger partial charge in [0.15, 0.2) is 0 Å². The van der Waals surface area contributed by atoms with Crippen LogP contribution >= 0.6 is 11.3 Å². The average molecular weight is 337 g/mol. The molecule has 0 bridgehead atoms. The minimum Gasteiger partial charge on any atom is -0.444 e. The third-order valence-corrected chi connectivity index (χ3v) is 4.11. The van der Waals surface area contributed by atoms with Gasteiger partial charge in [0.25, 0.3) is 5.91 Å². The molecule has 8 nitrogen and oxygen atoms in total. The Morgan fingerprint density at radius 2 is 2.17 bits per heavy atom. The summed E-state index contributed by atoms with van der Waals surface area (Å²) < 4.78 is 5.26. The second-order valence-corrected chi connectivity index (χ2v) is 7.38. The van der Waals surface area contributed by atoms with Gasteiger partial charge in [-0.05, 0) is 38.4 Å². The quantitative estimate of drug-likeness (QED) is 0.518. The van der Waals surface area contributed by atoms with Crippen LogP contribution in [0.4, 0.5) is 4.79 Å². The molecule has 2 amide bonds. The molecule has 1 aromatic rings. The molecule has 1 saturated heterocycles. The minimum absolute atomic E-state index is 0.0716. The van der Waals surface area contributed by atoms with Gasteiger partial charge in [-0.3, -0.25) is 4.79 Å². The van der Waals surface area contributed by atoms with Gasteiger partial charge in [-0.15, -0.1) is 11.3 Å². The van der Waals surface area contributed by atoms with E-state index in [1.165, 1.54) is 11.3 Å². The van der Waals surface area contributed by atoms with E-state index in [4.69, 9.17) is 10.3 Å². The van der Waals surface area contributed by atoms with Crippen molar-refractivity contribution in [2.45, 2.75) is 39.0 Å². The highest BCUT2D eigenvalue weighted by Gasteiger charge is 2.34. The van der Waals surface area contributed by atoms with Crippen LogP contribution in [0.1, 0.15) is 35.3 Å². The number of carbonyl (C=O) groups excluding carboxylic acids is 2. The zero-order valence-electron chi connectivity index (χ0n) is 13.3. The van der Waals surface area contributed by atoms with E-state index in [2.05, 4.69) is 15.3 Å². The lowest BCUT2D eigenvalue weighted by atomic mass is 10.1. The van der Waals surface area contributed by atoms with Crippen LogP contribution in [-0.2, 0) is 11.3 Å². The van der Waals surface area contributed by atoms with Crippen LogP contribution in [0.15, 0.2) is 17.2 Å². The van der Waals surface area contributed by atoms with E-state index in [1.807, 2.05) is 20.8 Å². The number of nitrogens with zero attached hydrogens (tertiary/aromatic N) is 4. The van der Waals surface area contributed by atoms with Gasteiger partial charge in [0.2, 0.25) is 0 Å². The van der Waals surface area contributed by atoms with E-state index in [0.29, 0.717) is 18.0 Å². The molecule has 1 fully saturated rings. The van der Waals surface area contributed by atoms with E-state index in [-0.39, 0.29) is 24.6 Å². The third kappa shape index (κ3) is 4.87. The topological polar surface area (TPSA) is 107 Å². The second kappa shape index (κ2) is 6.89. The number of hydrogen-bond donors (Lipinski definition) is 1. The first-order valence-corrected chi connectivity index (χ1v) is 7.98. The van der Waals surface area contributed by atoms with Crippen LogP contribution in [0.5, 0.6) is 0 Å². The van der Waals surface area contributed by atoms with Crippen molar-refractivity contribution in [3.05, 3.63) is 32.3 Å². The summed E-state index contributed by atoms with van der Waals surface area (Å²) in [5.41, 5.74) is 7.76. The van der Waals surface area contributed by atoms with Gasteiger partial charge in [-0.1, -0.05) is 5.11 Å². The number of rotatable bonds is 4. The van der Waals surface area contributed by atoms with Crippen LogP contribution < -0.4 is 5.32 Å². The average Bonchev–Trinajstić information content (AvgIpc) is 2.86. The smallest absolute Gasteiger partial charge is 0.410 e. The molecule has 1 aromatic heterocycles. The maximum atomic E-state index is 12.1. The molecule has 0 aromatic carbocycles. The standard InChI is InChI=1S/C14H19N5O3S/c1-14(2,3)22-13(21)19-7-9(8-19)17-12(20)11-5-4-10(23-11)6-16-18-15/h4-5,9H,6-8H2,1-3H3,(H,17,20). The van der Waals surface area contributed by atoms with Crippen molar-refractivity contribution in [1.82, 2.24) is 10.2 Å². The second-order valence-electron chi connectivity index (χ2n) is 6.21. The Balaban J connectivity index is 1.79. The fraction of sp³-hybridized carbons (Fsp3) is 0.571. The van der Waals surface area contributed by atoms with Crippen molar-refractivity contribution in [2.75, 3.05) is 13.1 Å². The molecule has 124 valence electrons. The van der Waals surface area contributed by atoms with Crippen molar-refractivity contribution in [3.8, 4) is 0 Å². The van der Waals surface area contributed by atoms with E-state index in [1.54, 1.807) is 17.0 Å². The number of azide groups is 1. The first kappa shape index (κ1) is 17.1. The first-order chi connectivity index (χ1) is 10.8. The number of thiophene rings is 1. The molecule has 1 aliphatic rings. The molecule has 0 atom stereocenters. The highest BCUT2D eigenvalue weighted by molar-refractivity contribution is 7.14. The molecule has 2 rings (SSSR count). The molecule has 9 heteroatoms. The fourth-order valence-corrected chi connectivity index (χ4v) is 2.82. The zero-order chi connectivity index (χ0) is 17.0. The van der Waals surface area contributed by atoms with Crippen molar-refractivity contribution in [2.24, 2.45) is 5.11 Å². The summed E-state index contributed by atoms with van der Waals surface area (Å²) in [5, 5.41) is 6.33. The molecule has 0 aliphatic carbocycles. The normalized spacial score (nSPS) is 14.7. The lowest BCUT2D eigenvalue weighted by Gasteiger charge is -2.39. The molecule has 0 spiro atoms. The van der Waals surface area contributed by atoms with E-state index in [9.17, 15) is 9.59 Å². The van der Waals surface area contributed by atoms with E-state index < -0.39 is 5.60 Å². The summed E-state index contributed by atoms with van der Waals surface area (Å²) >= 11 is 1.29. The minimum atomic E-state index is -0.523. The summed E-state index contributed by atoms with van der Waals surface area (Å²) in [7, 11) is 0. The molecule has 23 heavy (non-hydrogen) atoms. The number of hydrogen-bond acceptors (Lipinski definition) is 5. The van der Waals surface area contributed by atoms with Crippen LogP contribution in [-0.4, -0.2) is 41.6 Å². The number of ether oxygens (including phenoxy) is 1. The highest BCUT2D eigenvalue weighted by atomic mass is 32.1. The van der Waals surface area contributed by atoms with Crippen molar-refractivity contribution < 1.29 is 14.3 Å². The van der Waals surface area contributed by atoms with Gasteiger partial charge in [0.1, 0.15) is 5.60 Å². The maximum Gasteiger partial charge on any atom is 0.410 e. The summed E-state index contributed by atoms with van der Waals surface area (Å²) in [6.45, 7) is 6.57. The molecule has 0 radical (unpaired) electrons. The highest BCUT2D eigenvalue weighted by Crippen LogP contribution is 2.19. The molecule has 1 N–H and O–H groups in total. The Labute approximate surface area is 138 Å².